The van der Waals surface area contributed by atoms with Crippen molar-refractivity contribution < 1.29 is 9.47 Å². The van der Waals surface area contributed by atoms with E-state index in [-0.39, 0.29) is 24.0 Å². The molecule has 1 saturated heterocycles. The van der Waals surface area contributed by atoms with Crippen LogP contribution in [-0.4, -0.2) is 63.5 Å². The number of likely N-dealkylation sites (tertiary alicyclic amines) is 1. The highest BCUT2D eigenvalue weighted by Crippen LogP contribution is 2.14. The largest absolute Gasteiger partial charge is 0.385 e. The Labute approximate surface area is 153 Å². The van der Waals surface area contributed by atoms with Crippen LogP contribution in [0.1, 0.15) is 46.0 Å². The SMILES string of the molecule is CCCCN=C(NCC)N1CCC(OCCCOC)CC1.I. The van der Waals surface area contributed by atoms with Crippen LogP contribution < -0.4 is 5.32 Å². The molecule has 0 spiro atoms. The number of piperidine rings is 1. The molecule has 22 heavy (non-hydrogen) atoms. The lowest BCUT2D eigenvalue weighted by Gasteiger charge is -2.34. The molecule has 0 unspecified atom stereocenters. The Balaban J connectivity index is 0.00000441. The van der Waals surface area contributed by atoms with E-state index in [1.807, 2.05) is 0 Å². The number of guanidine groups is 1. The second kappa shape index (κ2) is 14.5. The number of nitrogens with one attached hydrogen (secondary N) is 1. The van der Waals surface area contributed by atoms with Crippen LogP contribution in [0.3, 0.4) is 0 Å². The fraction of sp³-hybridized carbons (Fsp3) is 0.938. The lowest BCUT2D eigenvalue weighted by molar-refractivity contribution is 0.00990. The predicted molar refractivity (Wildman–Crippen MR) is 103 cm³/mol. The van der Waals surface area contributed by atoms with Gasteiger partial charge in [0.1, 0.15) is 0 Å². The Bertz CT molecular complexity index is 283. The first kappa shape index (κ1) is 21.9. The second-order valence-electron chi connectivity index (χ2n) is 5.49. The van der Waals surface area contributed by atoms with Gasteiger partial charge in [0.25, 0.3) is 0 Å². The molecule has 0 radical (unpaired) electrons. The van der Waals surface area contributed by atoms with Crippen LogP contribution in [0.25, 0.3) is 0 Å². The Morgan fingerprint density at radius 1 is 1.18 bits per heavy atom. The lowest BCUT2D eigenvalue weighted by atomic mass is 10.1. The van der Waals surface area contributed by atoms with E-state index in [2.05, 4.69) is 24.1 Å². The van der Waals surface area contributed by atoms with Gasteiger partial charge in [-0.3, -0.25) is 4.99 Å². The van der Waals surface area contributed by atoms with Crippen molar-refractivity contribution in [2.24, 2.45) is 4.99 Å². The van der Waals surface area contributed by atoms with Crippen molar-refractivity contribution in [1.82, 2.24) is 10.2 Å². The average molecular weight is 427 g/mol. The Morgan fingerprint density at radius 2 is 1.91 bits per heavy atom. The molecule has 0 atom stereocenters. The molecule has 0 saturated carbocycles. The third-order valence-corrected chi connectivity index (χ3v) is 3.70. The van der Waals surface area contributed by atoms with Gasteiger partial charge in [0.2, 0.25) is 0 Å². The minimum Gasteiger partial charge on any atom is -0.385 e. The van der Waals surface area contributed by atoms with Crippen LogP contribution >= 0.6 is 24.0 Å². The van der Waals surface area contributed by atoms with Gasteiger partial charge >= 0.3 is 0 Å². The number of unbranched alkanes of at least 4 members (excludes halogenated alkanes) is 1. The van der Waals surface area contributed by atoms with Gasteiger partial charge in [-0.15, -0.1) is 24.0 Å². The van der Waals surface area contributed by atoms with E-state index >= 15 is 0 Å². The number of rotatable bonds is 9. The van der Waals surface area contributed by atoms with Gasteiger partial charge in [-0.05, 0) is 32.6 Å². The highest BCUT2D eigenvalue weighted by atomic mass is 127. The van der Waals surface area contributed by atoms with Crippen molar-refractivity contribution >= 4 is 29.9 Å². The number of hydrogen-bond donors (Lipinski definition) is 1. The molecule has 0 aromatic heterocycles. The minimum absolute atomic E-state index is 0. The van der Waals surface area contributed by atoms with Crippen molar-refractivity contribution in [2.75, 3.05) is 46.5 Å². The number of aliphatic imine (C=N–C) groups is 1. The number of ether oxygens (including phenoxy) is 2. The van der Waals surface area contributed by atoms with E-state index in [0.29, 0.717) is 6.10 Å². The van der Waals surface area contributed by atoms with Crippen molar-refractivity contribution in [3.05, 3.63) is 0 Å². The minimum atomic E-state index is 0. The first-order valence-corrected chi connectivity index (χ1v) is 8.45. The van der Waals surface area contributed by atoms with E-state index in [1.54, 1.807) is 7.11 Å². The maximum Gasteiger partial charge on any atom is 0.193 e. The van der Waals surface area contributed by atoms with Gasteiger partial charge in [0.15, 0.2) is 5.96 Å². The van der Waals surface area contributed by atoms with E-state index in [0.717, 1.165) is 71.0 Å². The molecule has 1 aliphatic heterocycles. The summed E-state index contributed by atoms with van der Waals surface area (Å²) in [7, 11) is 1.73. The molecule has 0 amide bonds. The van der Waals surface area contributed by atoms with Gasteiger partial charge < -0.3 is 19.7 Å². The molecule has 132 valence electrons. The molecular formula is C16H34IN3O2. The van der Waals surface area contributed by atoms with Crippen molar-refractivity contribution in [3.63, 3.8) is 0 Å². The summed E-state index contributed by atoms with van der Waals surface area (Å²) < 4.78 is 10.9. The Kier molecular flexibility index (Phi) is 14.5. The van der Waals surface area contributed by atoms with E-state index in [4.69, 9.17) is 14.5 Å². The Morgan fingerprint density at radius 3 is 2.50 bits per heavy atom. The van der Waals surface area contributed by atoms with Crippen LogP contribution in [0.5, 0.6) is 0 Å². The summed E-state index contributed by atoms with van der Waals surface area (Å²) in [6.45, 7) is 9.84. The first-order valence-electron chi connectivity index (χ1n) is 8.45. The number of methoxy groups -OCH3 is 1. The smallest absolute Gasteiger partial charge is 0.193 e. The average Bonchev–Trinajstić information content (AvgIpc) is 2.52. The molecule has 1 rings (SSSR count). The fourth-order valence-electron chi connectivity index (χ4n) is 2.46. The van der Waals surface area contributed by atoms with Gasteiger partial charge in [-0.2, -0.15) is 0 Å². The van der Waals surface area contributed by atoms with Gasteiger partial charge in [-0.25, -0.2) is 0 Å². The van der Waals surface area contributed by atoms with E-state index in [9.17, 15) is 0 Å². The quantitative estimate of drug-likeness (QED) is 0.266. The maximum atomic E-state index is 5.90. The molecule has 0 aromatic carbocycles. The van der Waals surface area contributed by atoms with Crippen LogP contribution in [0.15, 0.2) is 4.99 Å². The summed E-state index contributed by atoms with van der Waals surface area (Å²) in [6, 6.07) is 0. The molecule has 0 aliphatic carbocycles. The Hall–Kier alpha value is -0.0800. The molecule has 6 heteroatoms. The monoisotopic (exact) mass is 427 g/mol. The van der Waals surface area contributed by atoms with Crippen LogP contribution in [0.2, 0.25) is 0 Å². The third kappa shape index (κ3) is 9.15. The van der Waals surface area contributed by atoms with Crippen molar-refractivity contribution in [1.29, 1.82) is 0 Å². The second-order valence-corrected chi connectivity index (χ2v) is 5.49. The van der Waals surface area contributed by atoms with Crippen LogP contribution in [-0.2, 0) is 9.47 Å². The number of hydrogen-bond acceptors (Lipinski definition) is 3. The first-order chi connectivity index (χ1) is 10.3. The summed E-state index contributed by atoms with van der Waals surface area (Å²) in [5.41, 5.74) is 0. The standard InChI is InChI=1S/C16H33N3O2.HI/c1-4-6-10-18-16(17-5-2)19-11-8-15(9-12-19)21-14-7-13-20-3;/h15H,4-14H2,1-3H3,(H,17,18);1H. The number of halogens is 1. The fourth-order valence-corrected chi connectivity index (χ4v) is 2.46. The normalized spacial score (nSPS) is 16.5. The third-order valence-electron chi connectivity index (χ3n) is 3.70. The zero-order chi connectivity index (χ0) is 15.3. The molecule has 0 aromatic rings. The van der Waals surface area contributed by atoms with Crippen molar-refractivity contribution in [3.8, 4) is 0 Å². The molecule has 1 aliphatic rings. The summed E-state index contributed by atoms with van der Waals surface area (Å²) in [5.74, 6) is 1.07. The highest BCUT2D eigenvalue weighted by Gasteiger charge is 2.21. The summed E-state index contributed by atoms with van der Waals surface area (Å²) in [4.78, 5) is 7.08. The maximum absolute atomic E-state index is 5.90. The molecule has 1 fully saturated rings. The van der Waals surface area contributed by atoms with Crippen LogP contribution in [0.4, 0.5) is 0 Å². The van der Waals surface area contributed by atoms with E-state index < -0.39 is 0 Å². The van der Waals surface area contributed by atoms with E-state index in [1.165, 1.54) is 6.42 Å². The van der Waals surface area contributed by atoms with Crippen molar-refractivity contribution in [2.45, 2.75) is 52.1 Å². The summed E-state index contributed by atoms with van der Waals surface area (Å²) in [5, 5.41) is 3.40. The van der Waals surface area contributed by atoms with Gasteiger partial charge in [0, 0.05) is 46.5 Å². The van der Waals surface area contributed by atoms with Gasteiger partial charge in [0.05, 0.1) is 6.10 Å². The summed E-state index contributed by atoms with van der Waals surface area (Å²) >= 11 is 0. The molecule has 1 N–H and O–H groups in total. The summed E-state index contributed by atoms with van der Waals surface area (Å²) in [6.07, 6.45) is 5.92. The zero-order valence-corrected chi connectivity index (χ0v) is 16.8. The van der Waals surface area contributed by atoms with Crippen LogP contribution in [0, 0.1) is 0 Å². The zero-order valence-electron chi connectivity index (χ0n) is 14.5. The highest BCUT2D eigenvalue weighted by molar-refractivity contribution is 14.0. The molecule has 1 heterocycles. The molecule has 5 nitrogen and oxygen atoms in total. The lowest BCUT2D eigenvalue weighted by Crippen LogP contribution is -2.47. The molecular weight excluding hydrogens is 393 g/mol. The molecule has 0 bridgehead atoms. The predicted octanol–water partition coefficient (Wildman–Crippen LogP) is 2.89. The number of nitrogens with zero attached hydrogens (tertiary/aromatic N) is 2. The topological polar surface area (TPSA) is 46.1 Å². The van der Waals surface area contributed by atoms with Gasteiger partial charge in [-0.1, -0.05) is 13.3 Å².